The van der Waals surface area contributed by atoms with E-state index in [1.54, 1.807) is 6.92 Å². The van der Waals surface area contributed by atoms with Crippen LogP contribution in [0.1, 0.15) is 30.0 Å². The van der Waals surface area contributed by atoms with Crippen LogP contribution in [0.15, 0.2) is 12.1 Å². The van der Waals surface area contributed by atoms with Gasteiger partial charge < -0.3 is 10.2 Å². The van der Waals surface area contributed by atoms with Crippen LogP contribution in [0.25, 0.3) is 0 Å². The van der Waals surface area contributed by atoms with Crippen molar-refractivity contribution in [3.05, 3.63) is 28.8 Å². The molecule has 2 heteroatoms. The highest BCUT2D eigenvalue weighted by molar-refractivity contribution is 5.47. The molecule has 0 spiro atoms. The lowest BCUT2D eigenvalue weighted by atomic mass is 10.0. The van der Waals surface area contributed by atoms with Crippen LogP contribution in [-0.2, 0) is 19.3 Å². The van der Waals surface area contributed by atoms with Crippen molar-refractivity contribution < 1.29 is 10.2 Å². The molecule has 76 valence electrons. The van der Waals surface area contributed by atoms with Crippen molar-refractivity contribution in [1.82, 2.24) is 0 Å². The maximum atomic E-state index is 9.95. The van der Waals surface area contributed by atoms with E-state index in [0.717, 1.165) is 30.4 Å². The third kappa shape index (κ3) is 1.62. The van der Waals surface area contributed by atoms with Gasteiger partial charge in [0.1, 0.15) is 5.75 Å². The van der Waals surface area contributed by atoms with Crippen LogP contribution in [0.2, 0.25) is 0 Å². The molecule has 0 bridgehead atoms. The van der Waals surface area contributed by atoms with E-state index in [9.17, 15) is 10.2 Å². The first-order valence-electron chi connectivity index (χ1n) is 5.19. The van der Waals surface area contributed by atoms with Crippen LogP contribution < -0.4 is 0 Å². The normalized spacial score (nSPS) is 16.7. The lowest BCUT2D eigenvalue weighted by Gasteiger charge is -2.10. The van der Waals surface area contributed by atoms with Gasteiger partial charge in [-0.3, -0.25) is 0 Å². The number of hydrogen-bond donors (Lipinski definition) is 2. The van der Waals surface area contributed by atoms with E-state index in [1.807, 2.05) is 6.07 Å². The molecule has 1 aliphatic rings. The van der Waals surface area contributed by atoms with Gasteiger partial charge in [0.2, 0.25) is 0 Å². The SMILES string of the molecule is CC(O)Cc1ccc2c(c1O)CCC2. The highest BCUT2D eigenvalue weighted by Gasteiger charge is 2.17. The van der Waals surface area contributed by atoms with Crippen LogP contribution in [0.5, 0.6) is 5.75 Å². The van der Waals surface area contributed by atoms with E-state index in [2.05, 4.69) is 6.07 Å². The Bertz CT molecular complexity index is 342. The van der Waals surface area contributed by atoms with E-state index in [0.29, 0.717) is 12.2 Å². The van der Waals surface area contributed by atoms with Crippen molar-refractivity contribution in [3.63, 3.8) is 0 Å². The minimum Gasteiger partial charge on any atom is -0.507 e. The van der Waals surface area contributed by atoms with Crippen molar-refractivity contribution in [2.45, 2.75) is 38.7 Å². The number of phenolic OH excluding ortho intramolecular Hbond substituents is 1. The maximum absolute atomic E-state index is 9.95. The smallest absolute Gasteiger partial charge is 0.122 e. The zero-order valence-electron chi connectivity index (χ0n) is 8.45. The molecular weight excluding hydrogens is 176 g/mol. The molecule has 1 atom stereocenters. The minimum atomic E-state index is -0.389. The molecule has 0 amide bonds. The van der Waals surface area contributed by atoms with Gasteiger partial charge in [0.25, 0.3) is 0 Å². The summed E-state index contributed by atoms with van der Waals surface area (Å²) < 4.78 is 0. The molecule has 0 heterocycles. The molecule has 1 aromatic carbocycles. The summed E-state index contributed by atoms with van der Waals surface area (Å²) >= 11 is 0. The van der Waals surface area contributed by atoms with Gasteiger partial charge in [0.15, 0.2) is 0 Å². The summed E-state index contributed by atoms with van der Waals surface area (Å²) in [5.74, 6) is 0.418. The average molecular weight is 192 g/mol. The summed E-state index contributed by atoms with van der Waals surface area (Å²) in [6.45, 7) is 1.74. The van der Waals surface area contributed by atoms with Crippen LogP contribution in [0.3, 0.4) is 0 Å². The zero-order chi connectivity index (χ0) is 10.1. The molecule has 14 heavy (non-hydrogen) atoms. The standard InChI is InChI=1S/C12H16O2/c1-8(13)7-10-6-5-9-3-2-4-11(9)12(10)14/h5-6,8,13-14H,2-4,7H2,1H3. The molecule has 2 rings (SSSR count). The van der Waals surface area contributed by atoms with Gasteiger partial charge in [-0.05, 0) is 42.9 Å². The number of aliphatic hydroxyl groups excluding tert-OH is 1. The van der Waals surface area contributed by atoms with Gasteiger partial charge in [-0.15, -0.1) is 0 Å². The molecule has 0 radical (unpaired) electrons. The van der Waals surface area contributed by atoms with Gasteiger partial charge >= 0.3 is 0 Å². The number of fused-ring (bicyclic) bond motifs is 1. The summed E-state index contributed by atoms with van der Waals surface area (Å²) in [4.78, 5) is 0. The molecule has 2 nitrogen and oxygen atoms in total. The van der Waals surface area contributed by atoms with E-state index >= 15 is 0 Å². The Morgan fingerprint density at radius 1 is 1.36 bits per heavy atom. The van der Waals surface area contributed by atoms with E-state index < -0.39 is 0 Å². The maximum Gasteiger partial charge on any atom is 0.122 e. The summed E-state index contributed by atoms with van der Waals surface area (Å²) in [6.07, 6.45) is 3.35. The van der Waals surface area contributed by atoms with Crippen LogP contribution >= 0.6 is 0 Å². The minimum absolute atomic E-state index is 0.389. The molecule has 0 aromatic heterocycles. The number of aryl methyl sites for hydroxylation is 1. The van der Waals surface area contributed by atoms with Gasteiger partial charge in [-0.2, -0.15) is 0 Å². The molecule has 0 aliphatic heterocycles. The van der Waals surface area contributed by atoms with Crippen LogP contribution in [0.4, 0.5) is 0 Å². The highest BCUT2D eigenvalue weighted by atomic mass is 16.3. The second-order valence-corrected chi connectivity index (χ2v) is 4.12. The van der Waals surface area contributed by atoms with Gasteiger partial charge in [-0.25, -0.2) is 0 Å². The number of aliphatic hydroxyl groups is 1. The topological polar surface area (TPSA) is 40.5 Å². The second kappa shape index (κ2) is 3.62. The Balaban J connectivity index is 2.35. The molecule has 0 saturated heterocycles. The Hall–Kier alpha value is -1.02. The Morgan fingerprint density at radius 3 is 2.86 bits per heavy atom. The predicted octanol–water partition coefficient (Wildman–Crippen LogP) is 1.80. The number of aromatic hydroxyl groups is 1. The lowest BCUT2D eigenvalue weighted by Crippen LogP contribution is -2.05. The Morgan fingerprint density at radius 2 is 2.14 bits per heavy atom. The second-order valence-electron chi connectivity index (χ2n) is 4.12. The monoisotopic (exact) mass is 192 g/mol. The fraction of sp³-hybridized carbons (Fsp3) is 0.500. The van der Waals surface area contributed by atoms with Gasteiger partial charge in [0.05, 0.1) is 6.10 Å². The predicted molar refractivity (Wildman–Crippen MR) is 55.5 cm³/mol. The molecule has 1 aromatic rings. The third-order valence-corrected chi connectivity index (χ3v) is 2.85. The van der Waals surface area contributed by atoms with Crippen molar-refractivity contribution in [2.75, 3.05) is 0 Å². The number of hydrogen-bond acceptors (Lipinski definition) is 2. The highest BCUT2D eigenvalue weighted by Crippen LogP contribution is 2.33. The van der Waals surface area contributed by atoms with E-state index in [-0.39, 0.29) is 6.10 Å². The summed E-state index contributed by atoms with van der Waals surface area (Å²) in [5.41, 5.74) is 3.25. The zero-order valence-corrected chi connectivity index (χ0v) is 8.45. The van der Waals surface area contributed by atoms with Crippen molar-refractivity contribution in [3.8, 4) is 5.75 Å². The largest absolute Gasteiger partial charge is 0.507 e. The third-order valence-electron chi connectivity index (χ3n) is 2.85. The first-order valence-corrected chi connectivity index (χ1v) is 5.19. The Kier molecular flexibility index (Phi) is 2.46. The summed E-state index contributed by atoms with van der Waals surface area (Å²) in [5, 5.41) is 19.2. The molecule has 2 N–H and O–H groups in total. The molecule has 0 saturated carbocycles. The van der Waals surface area contributed by atoms with Crippen LogP contribution in [0, 0.1) is 0 Å². The first kappa shape index (κ1) is 9.53. The quantitative estimate of drug-likeness (QED) is 0.750. The lowest BCUT2D eigenvalue weighted by molar-refractivity contribution is 0.194. The van der Waals surface area contributed by atoms with Crippen molar-refractivity contribution >= 4 is 0 Å². The summed E-state index contributed by atoms with van der Waals surface area (Å²) in [7, 11) is 0. The van der Waals surface area contributed by atoms with Crippen LogP contribution in [-0.4, -0.2) is 16.3 Å². The fourth-order valence-electron chi connectivity index (χ4n) is 2.18. The van der Waals surface area contributed by atoms with Crippen molar-refractivity contribution in [1.29, 1.82) is 0 Å². The van der Waals surface area contributed by atoms with Gasteiger partial charge in [-0.1, -0.05) is 12.1 Å². The van der Waals surface area contributed by atoms with Gasteiger partial charge in [0, 0.05) is 6.42 Å². The number of phenols is 1. The Labute approximate surface area is 84.2 Å². The molecule has 1 unspecified atom stereocenters. The number of benzene rings is 1. The first-order chi connectivity index (χ1) is 6.68. The average Bonchev–Trinajstić information content (AvgIpc) is 2.57. The number of rotatable bonds is 2. The summed E-state index contributed by atoms with van der Waals surface area (Å²) in [6, 6.07) is 4.02. The molecular formula is C12H16O2. The molecule has 1 aliphatic carbocycles. The molecule has 0 fully saturated rings. The van der Waals surface area contributed by atoms with E-state index in [4.69, 9.17) is 0 Å². The van der Waals surface area contributed by atoms with Crippen molar-refractivity contribution in [2.24, 2.45) is 0 Å². The fourth-order valence-corrected chi connectivity index (χ4v) is 2.18. The van der Waals surface area contributed by atoms with E-state index in [1.165, 1.54) is 5.56 Å².